The fourth-order valence-electron chi connectivity index (χ4n) is 3.06. The SMILES string of the molecule is CC(=O)N1CCCC(C(=O)N[C@@H]2CCCC[C@H]2O)C1. The van der Waals surface area contributed by atoms with Crippen molar-refractivity contribution in [1.29, 1.82) is 0 Å². The molecule has 1 saturated heterocycles. The minimum Gasteiger partial charge on any atom is -0.391 e. The van der Waals surface area contributed by atoms with Gasteiger partial charge in [0.2, 0.25) is 11.8 Å². The molecule has 1 heterocycles. The molecule has 1 aliphatic carbocycles. The number of aliphatic hydroxyl groups is 1. The van der Waals surface area contributed by atoms with E-state index in [1.54, 1.807) is 11.8 Å². The Morgan fingerprint density at radius 3 is 2.58 bits per heavy atom. The quantitative estimate of drug-likeness (QED) is 0.773. The second-order valence-corrected chi connectivity index (χ2v) is 5.77. The molecular weight excluding hydrogens is 244 g/mol. The Morgan fingerprint density at radius 2 is 1.89 bits per heavy atom. The molecule has 19 heavy (non-hydrogen) atoms. The average Bonchev–Trinajstić information content (AvgIpc) is 2.41. The van der Waals surface area contributed by atoms with Gasteiger partial charge in [-0.25, -0.2) is 0 Å². The standard InChI is InChI=1S/C14H24N2O3/c1-10(17)16-8-4-5-11(9-16)14(19)15-12-6-2-3-7-13(12)18/h11-13,18H,2-9H2,1H3,(H,15,19)/t11?,12-,13-/m1/s1. The molecular formula is C14H24N2O3. The first-order valence-corrected chi connectivity index (χ1v) is 7.32. The number of piperidine rings is 1. The van der Waals surface area contributed by atoms with E-state index in [1.807, 2.05) is 0 Å². The van der Waals surface area contributed by atoms with Crippen molar-refractivity contribution in [3.05, 3.63) is 0 Å². The van der Waals surface area contributed by atoms with Crippen LogP contribution in [0.15, 0.2) is 0 Å². The summed E-state index contributed by atoms with van der Waals surface area (Å²) in [4.78, 5) is 25.3. The van der Waals surface area contributed by atoms with Gasteiger partial charge < -0.3 is 15.3 Å². The maximum Gasteiger partial charge on any atom is 0.225 e. The highest BCUT2D eigenvalue weighted by molar-refractivity contribution is 5.81. The Labute approximate surface area is 114 Å². The van der Waals surface area contributed by atoms with Crippen LogP contribution in [0.25, 0.3) is 0 Å². The molecule has 0 aromatic carbocycles. The Morgan fingerprint density at radius 1 is 1.16 bits per heavy atom. The second kappa shape index (κ2) is 6.37. The fraction of sp³-hybridized carbons (Fsp3) is 0.857. The summed E-state index contributed by atoms with van der Waals surface area (Å²) in [6.07, 6.45) is 5.03. The van der Waals surface area contributed by atoms with Gasteiger partial charge in [-0.2, -0.15) is 0 Å². The Kier molecular flexibility index (Phi) is 4.80. The van der Waals surface area contributed by atoms with E-state index in [9.17, 15) is 14.7 Å². The third-order valence-corrected chi connectivity index (χ3v) is 4.29. The van der Waals surface area contributed by atoms with Crippen molar-refractivity contribution in [3.63, 3.8) is 0 Å². The van der Waals surface area contributed by atoms with Crippen LogP contribution in [0, 0.1) is 5.92 Å². The molecule has 1 saturated carbocycles. The number of carbonyl (C=O) groups excluding carboxylic acids is 2. The van der Waals surface area contributed by atoms with Crippen LogP contribution in [0.1, 0.15) is 45.4 Å². The maximum atomic E-state index is 12.2. The Balaban J connectivity index is 1.86. The molecule has 0 aromatic heterocycles. The first-order chi connectivity index (χ1) is 9.08. The highest BCUT2D eigenvalue weighted by Crippen LogP contribution is 2.21. The van der Waals surface area contributed by atoms with Gasteiger partial charge in [-0.05, 0) is 25.7 Å². The summed E-state index contributed by atoms with van der Waals surface area (Å²) in [5, 5.41) is 12.8. The summed E-state index contributed by atoms with van der Waals surface area (Å²) in [5.41, 5.74) is 0. The second-order valence-electron chi connectivity index (χ2n) is 5.77. The van der Waals surface area contributed by atoms with E-state index < -0.39 is 6.10 Å². The molecule has 2 fully saturated rings. The van der Waals surface area contributed by atoms with Crippen molar-refractivity contribution >= 4 is 11.8 Å². The molecule has 2 N–H and O–H groups in total. The molecule has 1 aliphatic heterocycles. The average molecular weight is 268 g/mol. The lowest BCUT2D eigenvalue weighted by Crippen LogP contribution is -2.50. The zero-order valence-electron chi connectivity index (χ0n) is 11.6. The number of nitrogens with zero attached hydrogens (tertiary/aromatic N) is 1. The summed E-state index contributed by atoms with van der Waals surface area (Å²) in [6, 6.07) is -0.103. The predicted molar refractivity (Wildman–Crippen MR) is 71.4 cm³/mol. The van der Waals surface area contributed by atoms with Gasteiger partial charge in [0.25, 0.3) is 0 Å². The molecule has 0 aromatic rings. The fourth-order valence-corrected chi connectivity index (χ4v) is 3.06. The highest BCUT2D eigenvalue weighted by atomic mass is 16.3. The summed E-state index contributed by atoms with van der Waals surface area (Å²) >= 11 is 0. The molecule has 0 bridgehead atoms. The number of carbonyl (C=O) groups is 2. The molecule has 108 valence electrons. The minimum atomic E-state index is -0.412. The number of hydrogen-bond acceptors (Lipinski definition) is 3. The van der Waals surface area contributed by atoms with Gasteiger partial charge in [0.15, 0.2) is 0 Å². The summed E-state index contributed by atoms with van der Waals surface area (Å²) < 4.78 is 0. The summed E-state index contributed by atoms with van der Waals surface area (Å²) in [7, 11) is 0. The van der Waals surface area contributed by atoms with Crippen LogP contribution in [-0.2, 0) is 9.59 Å². The molecule has 2 amide bonds. The number of aliphatic hydroxyl groups excluding tert-OH is 1. The van der Waals surface area contributed by atoms with Crippen molar-refractivity contribution < 1.29 is 14.7 Å². The first-order valence-electron chi connectivity index (χ1n) is 7.32. The first kappa shape index (κ1) is 14.3. The van der Waals surface area contributed by atoms with E-state index >= 15 is 0 Å². The summed E-state index contributed by atoms with van der Waals surface area (Å²) in [6.45, 7) is 2.82. The van der Waals surface area contributed by atoms with Gasteiger partial charge in [-0.3, -0.25) is 9.59 Å². The normalized spacial score (nSPS) is 31.9. The smallest absolute Gasteiger partial charge is 0.225 e. The number of amides is 2. The third kappa shape index (κ3) is 3.69. The lowest BCUT2D eigenvalue weighted by Gasteiger charge is -2.34. The van der Waals surface area contributed by atoms with E-state index in [0.29, 0.717) is 6.54 Å². The van der Waals surface area contributed by atoms with Crippen LogP contribution in [-0.4, -0.2) is 47.1 Å². The van der Waals surface area contributed by atoms with Crippen molar-refractivity contribution in [3.8, 4) is 0 Å². The summed E-state index contributed by atoms with van der Waals surface area (Å²) in [5.74, 6) is -0.0844. The largest absolute Gasteiger partial charge is 0.391 e. The van der Waals surface area contributed by atoms with E-state index in [4.69, 9.17) is 0 Å². The molecule has 2 aliphatic rings. The van der Waals surface area contributed by atoms with E-state index in [2.05, 4.69) is 5.32 Å². The van der Waals surface area contributed by atoms with E-state index in [0.717, 1.165) is 45.1 Å². The van der Waals surface area contributed by atoms with Gasteiger partial charge in [-0.1, -0.05) is 12.8 Å². The monoisotopic (exact) mass is 268 g/mol. The zero-order chi connectivity index (χ0) is 13.8. The van der Waals surface area contributed by atoms with Gasteiger partial charge in [0.05, 0.1) is 18.1 Å². The van der Waals surface area contributed by atoms with Crippen molar-refractivity contribution in [2.75, 3.05) is 13.1 Å². The Bertz CT molecular complexity index is 346. The van der Waals surface area contributed by atoms with Crippen molar-refractivity contribution in [1.82, 2.24) is 10.2 Å². The van der Waals surface area contributed by atoms with E-state index in [1.165, 1.54) is 0 Å². The van der Waals surface area contributed by atoms with Crippen LogP contribution in [0.2, 0.25) is 0 Å². The predicted octanol–water partition coefficient (Wildman–Crippen LogP) is 0.665. The van der Waals surface area contributed by atoms with Gasteiger partial charge in [0.1, 0.15) is 0 Å². The van der Waals surface area contributed by atoms with Crippen LogP contribution >= 0.6 is 0 Å². The molecule has 2 rings (SSSR count). The van der Waals surface area contributed by atoms with Crippen LogP contribution in [0.5, 0.6) is 0 Å². The van der Waals surface area contributed by atoms with Crippen LogP contribution in [0.3, 0.4) is 0 Å². The van der Waals surface area contributed by atoms with Crippen LogP contribution in [0.4, 0.5) is 0 Å². The minimum absolute atomic E-state index is 0.00287. The lowest BCUT2D eigenvalue weighted by atomic mass is 9.91. The van der Waals surface area contributed by atoms with Gasteiger partial charge in [0, 0.05) is 20.0 Å². The van der Waals surface area contributed by atoms with E-state index in [-0.39, 0.29) is 23.8 Å². The highest BCUT2D eigenvalue weighted by Gasteiger charge is 2.30. The molecule has 5 heteroatoms. The molecule has 0 spiro atoms. The topological polar surface area (TPSA) is 69.6 Å². The number of rotatable bonds is 2. The lowest BCUT2D eigenvalue weighted by molar-refractivity contribution is -0.134. The molecule has 5 nitrogen and oxygen atoms in total. The van der Waals surface area contributed by atoms with Crippen molar-refractivity contribution in [2.45, 2.75) is 57.6 Å². The zero-order valence-corrected chi connectivity index (χ0v) is 11.6. The van der Waals surface area contributed by atoms with Gasteiger partial charge >= 0.3 is 0 Å². The number of nitrogens with one attached hydrogen (secondary N) is 1. The van der Waals surface area contributed by atoms with Crippen LogP contribution < -0.4 is 5.32 Å². The molecule has 0 radical (unpaired) electrons. The Hall–Kier alpha value is -1.10. The number of hydrogen-bond donors (Lipinski definition) is 2. The van der Waals surface area contributed by atoms with Gasteiger partial charge in [-0.15, -0.1) is 0 Å². The molecule has 3 atom stereocenters. The molecule has 1 unspecified atom stereocenters. The third-order valence-electron chi connectivity index (χ3n) is 4.29. The van der Waals surface area contributed by atoms with Crippen molar-refractivity contribution in [2.24, 2.45) is 5.92 Å². The maximum absolute atomic E-state index is 12.2. The number of likely N-dealkylation sites (tertiary alicyclic amines) is 1.